The van der Waals surface area contributed by atoms with Crippen molar-refractivity contribution in [2.24, 2.45) is 0 Å². The Balaban J connectivity index is 1.81. The van der Waals surface area contributed by atoms with Gasteiger partial charge in [0.05, 0.1) is 12.2 Å². The summed E-state index contributed by atoms with van der Waals surface area (Å²) in [4.78, 5) is 2.33. The van der Waals surface area contributed by atoms with Gasteiger partial charge in [0.25, 0.3) is 0 Å². The number of nitrogens with zero attached hydrogens (tertiary/aromatic N) is 1. The molecule has 2 aromatic rings. The van der Waals surface area contributed by atoms with Crippen LogP contribution >= 0.6 is 0 Å². The maximum atomic E-state index is 5.92. The fourth-order valence-electron chi connectivity index (χ4n) is 2.78. The van der Waals surface area contributed by atoms with Crippen LogP contribution in [0.4, 0.5) is 11.4 Å². The number of anilines is 2. The average Bonchev–Trinajstić information content (AvgIpc) is 2.47. The van der Waals surface area contributed by atoms with E-state index in [1.54, 1.807) is 0 Å². The number of ether oxygens (including phenoxy) is 1. The van der Waals surface area contributed by atoms with E-state index in [0.29, 0.717) is 0 Å². The van der Waals surface area contributed by atoms with Crippen molar-refractivity contribution in [3.8, 4) is 5.75 Å². The third-order valence-corrected chi connectivity index (χ3v) is 4.14. The van der Waals surface area contributed by atoms with Gasteiger partial charge >= 0.3 is 0 Å². The standard InChI is InChI=1S/C19H24N2O/c1-19(2,3)15-6-4-14(5-7-15)13-21-10-11-22-18-9-8-16(20)12-17(18)21/h4-9,12H,10-11,13,20H2,1-3H3. The Morgan fingerprint density at radius 2 is 1.82 bits per heavy atom. The van der Waals surface area contributed by atoms with Crippen molar-refractivity contribution in [3.05, 3.63) is 53.6 Å². The molecule has 0 saturated carbocycles. The Morgan fingerprint density at radius 1 is 1.09 bits per heavy atom. The van der Waals surface area contributed by atoms with Crippen LogP contribution in [0.2, 0.25) is 0 Å². The summed E-state index contributed by atoms with van der Waals surface area (Å²) >= 11 is 0. The number of hydrogen-bond donors (Lipinski definition) is 1. The normalized spacial score (nSPS) is 14.4. The summed E-state index contributed by atoms with van der Waals surface area (Å²) in [6.45, 7) is 9.20. The van der Waals surface area contributed by atoms with Crippen LogP contribution in [0.5, 0.6) is 5.75 Å². The van der Waals surface area contributed by atoms with E-state index in [1.165, 1.54) is 11.1 Å². The Morgan fingerprint density at radius 3 is 2.50 bits per heavy atom. The highest BCUT2D eigenvalue weighted by atomic mass is 16.5. The van der Waals surface area contributed by atoms with Gasteiger partial charge in [-0.2, -0.15) is 0 Å². The fraction of sp³-hybridized carbons (Fsp3) is 0.368. The van der Waals surface area contributed by atoms with Gasteiger partial charge in [-0.25, -0.2) is 0 Å². The van der Waals surface area contributed by atoms with Gasteiger partial charge in [-0.15, -0.1) is 0 Å². The SMILES string of the molecule is CC(C)(C)c1ccc(CN2CCOc3ccc(N)cc32)cc1. The molecule has 0 radical (unpaired) electrons. The zero-order valence-corrected chi connectivity index (χ0v) is 13.6. The monoisotopic (exact) mass is 296 g/mol. The third-order valence-electron chi connectivity index (χ3n) is 4.14. The van der Waals surface area contributed by atoms with Crippen molar-refractivity contribution >= 4 is 11.4 Å². The lowest BCUT2D eigenvalue weighted by Gasteiger charge is -2.31. The van der Waals surface area contributed by atoms with Gasteiger partial charge in [0.1, 0.15) is 12.4 Å². The minimum absolute atomic E-state index is 0.193. The van der Waals surface area contributed by atoms with Crippen molar-refractivity contribution in [1.29, 1.82) is 0 Å². The number of fused-ring (bicyclic) bond motifs is 1. The molecule has 3 heteroatoms. The molecule has 0 unspecified atom stereocenters. The molecule has 0 bridgehead atoms. The van der Waals surface area contributed by atoms with Crippen LogP contribution in [0.1, 0.15) is 31.9 Å². The van der Waals surface area contributed by atoms with Crippen molar-refractivity contribution in [2.75, 3.05) is 23.8 Å². The van der Waals surface area contributed by atoms with E-state index >= 15 is 0 Å². The predicted molar refractivity (Wildman–Crippen MR) is 92.5 cm³/mol. The van der Waals surface area contributed by atoms with E-state index in [4.69, 9.17) is 10.5 Å². The van der Waals surface area contributed by atoms with Crippen molar-refractivity contribution in [1.82, 2.24) is 0 Å². The van der Waals surface area contributed by atoms with Crippen LogP contribution in [-0.2, 0) is 12.0 Å². The molecule has 0 fully saturated rings. The molecule has 1 aliphatic rings. The Kier molecular flexibility index (Phi) is 3.73. The fourth-order valence-corrected chi connectivity index (χ4v) is 2.78. The van der Waals surface area contributed by atoms with Gasteiger partial charge in [-0.1, -0.05) is 45.0 Å². The summed E-state index contributed by atoms with van der Waals surface area (Å²) in [5, 5.41) is 0. The summed E-state index contributed by atoms with van der Waals surface area (Å²) in [6.07, 6.45) is 0. The highest BCUT2D eigenvalue weighted by Gasteiger charge is 2.19. The van der Waals surface area contributed by atoms with Crippen LogP contribution < -0.4 is 15.4 Å². The van der Waals surface area contributed by atoms with E-state index in [2.05, 4.69) is 49.9 Å². The topological polar surface area (TPSA) is 38.5 Å². The molecule has 1 aliphatic heterocycles. The zero-order valence-electron chi connectivity index (χ0n) is 13.6. The first-order valence-electron chi connectivity index (χ1n) is 7.80. The molecule has 3 nitrogen and oxygen atoms in total. The Labute approximate surface area is 132 Å². The van der Waals surface area contributed by atoms with E-state index in [1.807, 2.05) is 18.2 Å². The maximum absolute atomic E-state index is 5.92. The second kappa shape index (κ2) is 5.56. The molecule has 0 atom stereocenters. The first kappa shape index (κ1) is 14.8. The molecule has 0 aliphatic carbocycles. The molecule has 22 heavy (non-hydrogen) atoms. The highest BCUT2D eigenvalue weighted by molar-refractivity contribution is 5.66. The van der Waals surface area contributed by atoms with E-state index in [0.717, 1.165) is 36.8 Å². The van der Waals surface area contributed by atoms with Crippen molar-refractivity contribution in [2.45, 2.75) is 32.7 Å². The Bertz CT molecular complexity index is 656. The smallest absolute Gasteiger partial charge is 0.142 e. The molecule has 0 saturated heterocycles. The molecule has 0 amide bonds. The summed E-state index contributed by atoms with van der Waals surface area (Å²) < 4.78 is 5.71. The van der Waals surface area contributed by atoms with Gasteiger partial charge in [0.15, 0.2) is 0 Å². The lowest BCUT2D eigenvalue weighted by Crippen LogP contribution is -2.32. The zero-order chi connectivity index (χ0) is 15.7. The first-order chi connectivity index (χ1) is 10.4. The maximum Gasteiger partial charge on any atom is 0.142 e. The second-order valence-corrected chi connectivity index (χ2v) is 6.94. The van der Waals surface area contributed by atoms with E-state index in [-0.39, 0.29) is 5.41 Å². The van der Waals surface area contributed by atoms with Crippen LogP contribution in [-0.4, -0.2) is 13.2 Å². The summed E-state index contributed by atoms with van der Waals surface area (Å²) in [7, 11) is 0. The van der Waals surface area contributed by atoms with Crippen molar-refractivity contribution in [3.63, 3.8) is 0 Å². The molecule has 2 N–H and O–H groups in total. The molecular weight excluding hydrogens is 272 g/mol. The number of benzene rings is 2. The van der Waals surface area contributed by atoms with E-state index in [9.17, 15) is 0 Å². The number of hydrogen-bond acceptors (Lipinski definition) is 3. The second-order valence-electron chi connectivity index (χ2n) is 6.94. The molecule has 0 spiro atoms. The van der Waals surface area contributed by atoms with Gasteiger partial charge in [0.2, 0.25) is 0 Å². The number of nitrogen functional groups attached to an aromatic ring is 1. The average molecular weight is 296 g/mol. The van der Waals surface area contributed by atoms with Gasteiger partial charge in [-0.05, 0) is 34.7 Å². The van der Waals surface area contributed by atoms with Gasteiger partial charge in [0, 0.05) is 12.2 Å². The quantitative estimate of drug-likeness (QED) is 0.852. The molecule has 1 heterocycles. The van der Waals surface area contributed by atoms with E-state index < -0.39 is 0 Å². The lowest BCUT2D eigenvalue weighted by molar-refractivity contribution is 0.307. The minimum Gasteiger partial charge on any atom is -0.490 e. The number of nitrogens with two attached hydrogens (primary N) is 1. The largest absolute Gasteiger partial charge is 0.490 e. The van der Waals surface area contributed by atoms with Crippen molar-refractivity contribution < 1.29 is 4.74 Å². The number of rotatable bonds is 2. The van der Waals surface area contributed by atoms with Gasteiger partial charge in [-0.3, -0.25) is 0 Å². The van der Waals surface area contributed by atoms with Crippen LogP contribution in [0, 0.1) is 0 Å². The summed E-state index contributed by atoms with van der Waals surface area (Å²) in [5.41, 5.74) is 10.7. The summed E-state index contributed by atoms with van der Waals surface area (Å²) in [6, 6.07) is 14.8. The molecular formula is C19H24N2O. The van der Waals surface area contributed by atoms with Crippen LogP contribution in [0.15, 0.2) is 42.5 Å². The Hall–Kier alpha value is -2.16. The lowest BCUT2D eigenvalue weighted by atomic mass is 9.87. The molecule has 3 rings (SSSR count). The minimum atomic E-state index is 0.193. The predicted octanol–water partition coefficient (Wildman–Crippen LogP) is 3.97. The summed E-state index contributed by atoms with van der Waals surface area (Å²) in [5.74, 6) is 0.923. The molecule has 2 aromatic carbocycles. The van der Waals surface area contributed by atoms with Crippen LogP contribution in [0.3, 0.4) is 0 Å². The third kappa shape index (κ3) is 3.03. The molecule has 116 valence electrons. The molecule has 0 aromatic heterocycles. The first-order valence-corrected chi connectivity index (χ1v) is 7.80. The highest BCUT2D eigenvalue weighted by Crippen LogP contribution is 2.34. The van der Waals surface area contributed by atoms with Crippen LogP contribution in [0.25, 0.3) is 0 Å². The van der Waals surface area contributed by atoms with Gasteiger partial charge < -0.3 is 15.4 Å².